The lowest BCUT2D eigenvalue weighted by molar-refractivity contribution is 0.408. The number of phenolic OH excluding ortho intramolecular Hbond substituents is 1. The van der Waals surface area contributed by atoms with Crippen LogP contribution in [0.4, 0.5) is 0 Å². The molecule has 0 spiro atoms. The maximum Gasteiger partial charge on any atom is 0.126 e. The highest BCUT2D eigenvalue weighted by atomic mass is 16.3. The minimum atomic E-state index is 0.228. The Kier molecular flexibility index (Phi) is 3.66. The molecule has 0 fully saturated rings. The Bertz CT molecular complexity index is 562. The lowest BCUT2D eigenvalue weighted by atomic mass is 9.85. The van der Waals surface area contributed by atoms with Gasteiger partial charge in [0.1, 0.15) is 5.75 Å². The molecule has 0 amide bonds. The van der Waals surface area contributed by atoms with Crippen molar-refractivity contribution in [2.45, 2.75) is 34.1 Å². The third-order valence-corrected chi connectivity index (χ3v) is 3.35. The summed E-state index contributed by atoms with van der Waals surface area (Å²) in [5.41, 5.74) is 4.42. The van der Waals surface area contributed by atoms with Gasteiger partial charge in [0.05, 0.1) is 0 Å². The summed E-state index contributed by atoms with van der Waals surface area (Å²) in [6, 6.07) is 14.2. The van der Waals surface area contributed by atoms with Crippen molar-refractivity contribution in [2.75, 3.05) is 0 Å². The van der Waals surface area contributed by atoms with Crippen molar-refractivity contribution >= 4 is 0 Å². The van der Waals surface area contributed by atoms with E-state index in [9.17, 15) is 5.11 Å². The molecule has 0 aromatic heterocycles. The molecule has 2 aromatic carbocycles. The van der Waals surface area contributed by atoms with Gasteiger partial charge in [-0.15, -0.1) is 0 Å². The highest BCUT2D eigenvalue weighted by molar-refractivity contribution is 5.72. The van der Waals surface area contributed by atoms with Crippen LogP contribution in [0, 0.1) is 12.3 Å². The summed E-state index contributed by atoms with van der Waals surface area (Å²) in [6.45, 7) is 8.65. The first-order chi connectivity index (χ1) is 8.88. The molecule has 1 N–H and O–H groups in total. The van der Waals surface area contributed by atoms with Crippen molar-refractivity contribution in [3.05, 3.63) is 53.6 Å². The predicted octanol–water partition coefficient (Wildman–Crippen LogP) is 4.96. The number of hydrogen-bond donors (Lipinski definition) is 1. The van der Waals surface area contributed by atoms with Crippen molar-refractivity contribution in [2.24, 2.45) is 5.41 Å². The molecule has 1 nitrogen and oxygen atoms in total. The first-order valence-electron chi connectivity index (χ1n) is 6.75. The summed E-state index contributed by atoms with van der Waals surface area (Å²) in [7, 11) is 0. The average Bonchev–Trinajstić information content (AvgIpc) is 2.35. The molecule has 2 aromatic rings. The highest BCUT2D eigenvalue weighted by Crippen LogP contribution is 2.35. The Labute approximate surface area is 115 Å². The van der Waals surface area contributed by atoms with Crippen LogP contribution in [0.2, 0.25) is 0 Å². The Morgan fingerprint density at radius 2 is 1.58 bits per heavy atom. The van der Waals surface area contributed by atoms with Gasteiger partial charge in [0.15, 0.2) is 0 Å². The van der Waals surface area contributed by atoms with E-state index in [4.69, 9.17) is 0 Å². The van der Waals surface area contributed by atoms with Crippen LogP contribution in [0.1, 0.15) is 31.9 Å². The molecule has 2 rings (SSSR count). The van der Waals surface area contributed by atoms with Crippen molar-refractivity contribution in [3.63, 3.8) is 0 Å². The molecular formula is C18H22O. The lowest BCUT2D eigenvalue weighted by Crippen LogP contribution is -2.10. The van der Waals surface area contributed by atoms with E-state index in [2.05, 4.69) is 26.8 Å². The molecule has 0 unspecified atom stereocenters. The molecule has 0 bridgehead atoms. The Hall–Kier alpha value is -1.76. The van der Waals surface area contributed by atoms with Crippen LogP contribution in [0.25, 0.3) is 11.1 Å². The standard InChI is InChI=1S/C18H22O/c1-13-15(12-18(2,3)4)10-11-16(17(13)19)14-8-6-5-7-9-14/h5-11,19H,12H2,1-4H3. The minimum absolute atomic E-state index is 0.228. The maximum absolute atomic E-state index is 10.4. The second kappa shape index (κ2) is 5.08. The van der Waals surface area contributed by atoms with Gasteiger partial charge in [-0.2, -0.15) is 0 Å². The van der Waals surface area contributed by atoms with E-state index in [0.29, 0.717) is 5.75 Å². The van der Waals surface area contributed by atoms with E-state index in [1.807, 2.05) is 43.3 Å². The Morgan fingerprint density at radius 1 is 0.947 bits per heavy atom. The molecule has 0 atom stereocenters. The first-order valence-corrected chi connectivity index (χ1v) is 6.75. The summed E-state index contributed by atoms with van der Waals surface area (Å²) >= 11 is 0. The predicted molar refractivity (Wildman–Crippen MR) is 81.4 cm³/mol. The van der Waals surface area contributed by atoms with Crippen molar-refractivity contribution in [3.8, 4) is 16.9 Å². The summed E-state index contributed by atoms with van der Waals surface area (Å²) in [4.78, 5) is 0. The van der Waals surface area contributed by atoms with Gasteiger partial charge in [-0.05, 0) is 35.4 Å². The van der Waals surface area contributed by atoms with Crippen molar-refractivity contribution in [1.29, 1.82) is 0 Å². The fraction of sp³-hybridized carbons (Fsp3) is 0.333. The number of phenols is 1. The second-order valence-electron chi connectivity index (χ2n) is 6.35. The lowest BCUT2D eigenvalue weighted by Gasteiger charge is -2.21. The van der Waals surface area contributed by atoms with E-state index in [0.717, 1.165) is 23.1 Å². The van der Waals surface area contributed by atoms with Gasteiger partial charge < -0.3 is 5.11 Å². The van der Waals surface area contributed by atoms with Crippen LogP contribution in [-0.4, -0.2) is 5.11 Å². The summed E-state index contributed by atoms with van der Waals surface area (Å²) in [5, 5.41) is 10.4. The molecule has 0 radical (unpaired) electrons. The average molecular weight is 254 g/mol. The van der Waals surface area contributed by atoms with Gasteiger partial charge in [-0.25, -0.2) is 0 Å². The molecule has 0 saturated heterocycles. The van der Waals surface area contributed by atoms with Crippen molar-refractivity contribution in [1.82, 2.24) is 0 Å². The van der Waals surface area contributed by atoms with E-state index in [-0.39, 0.29) is 5.41 Å². The molecule has 100 valence electrons. The molecule has 0 heterocycles. The zero-order valence-electron chi connectivity index (χ0n) is 12.2. The Balaban J connectivity index is 2.44. The first kappa shape index (κ1) is 13.7. The van der Waals surface area contributed by atoms with E-state index in [1.54, 1.807) is 0 Å². The van der Waals surface area contributed by atoms with Gasteiger partial charge in [0.25, 0.3) is 0 Å². The second-order valence-corrected chi connectivity index (χ2v) is 6.35. The van der Waals surface area contributed by atoms with Gasteiger partial charge >= 0.3 is 0 Å². The van der Waals surface area contributed by atoms with Gasteiger partial charge in [0, 0.05) is 5.56 Å². The van der Waals surface area contributed by atoms with Gasteiger partial charge in [-0.1, -0.05) is 63.2 Å². The number of rotatable bonds is 2. The van der Waals surface area contributed by atoms with Crippen LogP contribution < -0.4 is 0 Å². The third-order valence-electron chi connectivity index (χ3n) is 3.35. The molecule has 1 heteroatoms. The van der Waals surface area contributed by atoms with Crippen molar-refractivity contribution < 1.29 is 5.11 Å². The minimum Gasteiger partial charge on any atom is -0.507 e. The van der Waals surface area contributed by atoms with Crippen LogP contribution in [0.15, 0.2) is 42.5 Å². The van der Waals surface area contributed by atoms with Crippen LogP contribution in [0.3, 0.4) is 0 Å². The van der Waals surface area contributed by atoms with E-state index >= 15 is 0 Å². The molecule has 0 aliphatic heterocycles. The maximum atomic E-state index is 10.4. The highest BCUT2D eigenvalue weighted by Gasteiger charge is 2.16. The zero-order chi connectivity index (χ0) is 14.0. The fourth-order valence-corrected chi connectivity index (χ4v) is 2.36. The smallest absolute Gasteiger partial charge is 0.126 e. The molecule has 0 saturated carbocycles. The molecular weight excluding hydrogens is 232 g/mol. The number of aromatic hydroxyl groups is 1. The normalized spacial score (nSPS) is 11.6. The summed E-state index contributed by atoms with van der Waals surface area (Å²) in [5.74, 6) is 0.410. The summed E-state index contributed by atoms with van der Waals surface area (Å²) < 4.78 is 0. The number of hydrogen-bond acceptors (Lipinski definition) is 1. The van der Waals surface area contributed by atoms with E-state index in [1.165, 1.54) is 5.56 Å². The van der Waals surface area contributed by atoms with Crippen LogP contribution in [0.5, 0.6) is 5.75 Å². The van der Waals surface area contributed by atoms with Gasteiger partial charge in [0.2, 0.25) is 0 Å². The molecule has 19 heavy (non-hydrogen) atoms. The molecule has 0 aliphatic carbocycles. The zero-order valence-corrected chi connectivity index (χ0v) is 12.2. The monoisotopic (exact) mass is 254 g/mol. The van der Waals surface area contributed by atoms with Crippen LogP contribution in [-0.2, 0) is 6.42 Å². The van der Waals surface area contributed by atoms with Crippen LogP contribution >= 0.6 is 0 Å². The molecule has 0 aliphatic rings. The number of benzene rings is 2. The van der Waals surface area contributed by atoms with E-state index < -0.39 is 0 Å². The SMILES string of the molecule is Cc1c(CC(C)(C)C)ccc(-c2ccccc2)c1O. The quantitative estimate of drug-likeness (QED) is 0.803. The summed E-state index contributed by atoms with van der Waals surface area (Å²) in [6.07, 6.45) is 0.974. The largest absolute Gasteiger partial charge is 0.507 e. The topological polar surface area (TPSA) is 20.2 Å². The fourth-order valence-electron chi connectivity index (χ4n) is 2.36. The Morgan fingerprint density at radius 3 is 2.16 bits per heavy atom. The van der Waals surface area contributed by atoms with Gasteiger partial charge in [-0.3, -0.25) is 0 Å². The third kappa shape index (κ3) is 3.17.